The first-order valence-corrected chi connectivity index (χ1v) is 6.17. The zero-order valence-corrected chi connectivity index (χ0v) is 10.4. The normalized spacial score (nSPS) is 19.7. The summed E-state index contributed by atoms with van der Waals surface area (Å²) in [4.78, 5) is 10.8. The second kappa shape index (κ2) is 7.39. The summed E-state index contributed by atoms with van der Waals surface area (Å²) in [5.41, 5.74) is 0. The standard InChI is InChI=1S/C12H23N3O/c1-3-4-7-14-12(13-2)15-8-5-11(10-16)6-9-15/h7,11,16H,3-6,8-10H2,1-2H3. The van der Waals surface area contributed by atoms with E-state index in [2.05, 4.69) is 21.8 Å². The second-order valence-electron chi connectivity index (χ2n) is 4.24. The van der Waals surface area contributed by atoms with Gasteiger partial charge in [0.2, 0.25) is 5.96 Å². The molecule has 1 fully saturated rings. The molecule has 0 amide bonds. The van der Waals surface area contributed by atoms with Crippen molar-refractivity contribution in [3.63, 3.8) is 0 Å². The molecule has 0 unspecified atom stereocenters. The van der Waals surface area contributed by atoms with E-state index in [0.717, 1.165) is 44.7 Å². The summed E-state index contributed by atoms with van der Waals surface area (Å²) in [7, 11) is 1.79. The van der Waals surface area contributed by atoms with Gasteiger partial charge < -0.3 is 10.0 Å². The smallest absolute Gasteiger partial charge is 0.219 e. The highest BCUT2D eigenvalue weighted by Gasteiger charge is 2.20. The van der Waals surface area contributed by atoms with E-state index in [4.69, 9.17) is 5.11 Å². The molecular formula is C12H23N3O. The predicted octanol–water partition coefficient (Wildman–Crippen LogP) is 1.55. The number of piperidine rings is 1. The molecule has 0 radical (unpaired) electrons. The number of guanidine groups is 1. The van der Waals surface area contributed by atoms with E-state index in [1.807, 2.05) is 6.21 Å². The molecule has 0 atom stereocenters. The van der Waals surface area contributed by atoms with Gasteiger partial charge in [-0.2, -0.15) is 0 Å². The van der Waals surface area contributed by atoms with Crippen molar-refractivity contribution in [2.24, 2.45) is 15.9 Å². The molecule has 1 rings (SSSR count). The zero-order valence-electron chi connectivity index (χ0n) is 10.4. The van der Waals surface area contributed by atoms with E-state index < -0.39 is 0 Å². The van der Waals surface area contributed by atoms with Crippen LogP contribution in [0.15, 0.2) is 9.98 Å². The Kier molecular flexibility index (Phi) is 6.08. The molecule has 0 aromatic rings. The van der Waals surface area contributed by atoms with Crippen LogP contribution in [-0.2, 0) is 0 Å². The molecule has 0 aromatic carbocycles. The Morgan fingerprint density at radius 1 is 1.44 bits per heavy atom. The van der Waals surface area contributed by atoms with Crippen LogP contribution >= 0.6 is 0 Å². The zero-order chi connectivity index (χ0) is 11.8. The van der Waals surface area contributed by atoms with Crippen molar-refractivity contribution in [2.75, 3.05) is 26.7 Å². The molecule has 4 heteroatoms. The van der Waals surface area contributed by atoms with Crippen LogP contribution in [0.1, 0.15) is 32.6 Å². The second-order valence-corrected chi connectivity index (χ2v) is 4.24. The average Bonchev–Trinajstić information content (AvgIpc) is 2.35. The number of aliphatic hydroxyl groups excluding tert-OH is 1. The number of rotatable bonds is 3. The summed E-state index contributed by atoms with van der Waals surface area (Å²) in [6, 6.07) is 0. The van der Waals surface area contributed by atoms with Gasteiger partial charge in [-0.3, -0.25) is 4.99 Å². The van der Waals surface area contributed by atoms with E-state index in [1.165, 1.54) is 0 Å². The summed E-state index contributed by atoms with van der Waals surface area (Å²) >= 11 is 0. The monoisotopic (exact) mass is 225 g/mol. The van der Waals surface area contributed by atoms with Gasteiger partial charge >= 0.3 is 0 Å². The molecule has 0 saturated carbocycles. The summed E-state index contributed by atoms with van der Waals surface area (Å²) < 4.78 is 0. The van der Waals surface area contributed by atoms with Crippen LogP contribution in [0, 0.1) is 5.92 Å². The number of nitrogens with zero attached hydrogens (tertiary/aromatic N) is 3. The molecule has 1 heterocycles. The SMILES string of the molecule is CCCC=NC(=NC)N1CCC(CO)CC1. The molecule has 1 aliphatic heterocycles. The largest absolute Gasteiger partial charge is 0.396 e. The van der Waals surface area contributed by atoms with Crippen molar-refractivity contribution in [2.45, 2.75) is 32.6 Å². The molecule has 1 saturated heterocycles. The fourth-order valence-corrected chi connectivity index (χ4v) is 1.87. The van der Waals surface area contributed by atoms with Gasteiger partial charge in [0, 0.05) is 33.0 Å². The van der Waals surface area contributed by atoms with Crippen LogP contribution < -0.4 is 0 Å². The fourth-order valence-electron chi connectivity index (χ4n) is 1.87. The molecule has 0 aliphatic carbocycles. The first kappa shape index (κ1) is 13.2. The predicted molar refractivity (Wildman–Crippen MR) is 68.1 cm³/mol. The maximum Gasteiger partial charge on any atom is 0.219 e. The Hall–Kier alpha value is -0.900. The lowest BCUT2D eigenvalue weighted by atomic mass is 9.98. The van der Waals surface area contributed by atoms with Gasteiger partial charge in [-0.05, 0) is 25.2 Å². The molecule has 92 valence electrons. The third kappa shape index (κ3) is 3.93. The molecule has 16 heavy (non-hydrogen) atoms. The maximum absolute atomic E-state index is 9.07. The summed E-state index contributed by atoms with van der Waals surface area (Å²) in [5, 5.41) is 9.07. The van der Waals surface area contributed by atoms with E-state index in [9.17, 15) is 0 Å². The number of hydrogen-bond acceptors (Lipinski definition) is 2. The van der Waals surface area contributed by atoms with Crippen LogP contribution in [0.5, 0.6) is 0 Å². The van der Waals surface area contributed by atoms with Crippen molar-refractivity contribution in [3.05, 3.63) is 0 Å². The maximum atomic E-state index is 9.07. The van der Waals surface area contributed by atoms with Gasteiger partial charge in [0.05, 0.1) is 0 Å². The number of aliphatic imine (C=N–C) groups is 2. The Balaban J connectivity index is 2.43. The average molecular weight is 225 g/mol. The summed E-state index contributed by atoms with van der Waals surface area (Å²) in [5.74, 6) is 1.30. The Bertz CT molecular complexity index is 243. The van der Waals surface area contributed by atoms with Crippen molar-refractivity contribution >= 4 is 12.2 Å². The van der Waals surface area contributed by atoms with E-state index in [0.29, 0.717) is 12.5 Å². The third-order valence-corrected chi connectivity index (χ3v) is 2.98. The lowest BCUT2D eigenvalue weighted by Crippen LogP contribution is -2.38. The highest BCUT2D eigenvalue weighted by Crippen LogP contribution is 2.16. The van der Waals surface area contributed by atoms with E-state index >= 15 is 0 Å². The molecule has 0 bridgehead atoms. The van der Waals surface area contributed by atoms with Gasteiger partial charge in [-0.1, -0.05) is 13.3 Å². The van der Waals surface area contributed by atoms with Crippen LogP contribution in [0.25, 0.3) is 0 Å². The number of unbranched alkanes of at least 4 members (excludes halogenated alkanes) is 1. The van der Waals surface area contributed by atoms with E-state index in [-0.39, 0.29) is 0 Å². The lowest BCUT2D eigenvalue weighted by molar-refractivity contribution is 0.166. The molecular weight excluding hydrogens is 202 g/mol. The van der Waals surface area contributed by atoms with Crippen LogP contribution in [-0.4, -0.2) is 48.9 Å². The van der Waals surface area contributed by atoms with Gasteiger partial charge in [0.25, 0.3) is 0 Å². The van der Waals surface area contributed by atoms with Gasteiger partial charge in [-0.25, -0.2) is 4.99 Å². The van der Waals surface area contributed by atoms with Crippen molar-refractivity contribution in [1.82, 2.24) is 4.90 Å². The Morgan fingerprint density at radius 3 is 2.62 bits per heavy atom. The topological polar surface area (TPSA) is 48.2 Å². The number of aliphatic hydroxyl groups is 1. The molecule has 0 spiro atoms. The highest BCUT2D eigenvalue weighted by atomic mass is 16.3. The van der Waals surface area contributed by atoms with E-state index in [1.54, 1.807) is 7.05 Å². The minimum Gasteiger partial charge on any atom is -0.396 e. The fraction of sp³-hybridized carbons (Fsp3) is 0.833. The molecule has 1 aliphatic rings. The first-order chi connectivity index (χ1) is 7.81. The van der Waals surface area contributed by atoms with Crippen LogP contribution in [0.3, 0.4) is 0 Å². The van der Waals surface area contributed by atoms with Crippen molar-refractivity contribution in [3.8, 4) is 0 Å². The van der Waals surface area contributed by atoms with Gasteiger partial charge in [0.1, 0.15) is 0 Å². The minimum atomic E-state index is 0.311. The molecule has 0 aromatic heterocycles. The highest BCUT2D eigenvalue weighted by molar-refractivity contribution is 5.87. The Labute approximate surface area is 98.1 Å². The van der Waals surface area contributed by atoms with Crippen LogP contribution in [0.2, 0.25) is 0 Å². The molecule has 1 N–H and O–H groups in total. The number of hydrogen-bond donors (Lipinski definition) is 1. The van der Waals surface area contributed by atoms with Crippen molar-refractivity contribution in [1.29, 1.82) is 0 Å². The van der Waals surface area contributed by atoms with Gasteiger partial charge in [-0.15, -0.1) is 0 Å². The Morgan fingerprint density at radius 2 is 2.12 bits per heavy atom. The van der Waals surface area contributed by atoms with Crippen molar-refractivity contribution < 1.29 is 5.11 Å². The number of likely N-dealkylation sites (tertiary alicyclic amines) is 1. The summed E-state index contributed by atoms with van der Waals surface area (Å²) in [6.07, 6.45) is 6.15. The lowest BCUT2D eigenvalue weighted by Gasteiger charge is -2.31. The molecule has 4 nitrogen and oxygen atoms in total. The van der Waals surface area contributed by atoms with Crippen LogP contribution in [0.4, 0.5) is 0 Å². The summed E-state index contributed by atoms with van der Waals surface area (Å²) in [6.45, 7) is 4.37. The minimum absolute atomic E-state index is 0.311. The van der Waals surface area contributed by atoms with Gasteiger partial charge in [0.15, 0.2) is 0 Å². The first-order valence-electron chi connectivity index (χ1n) is 6.17. The quantitative estimate of drug-likeness (QED) is 0.585. The third-order valence-electron chi connectivity index (χ3n) is 2.98.